The summed E-state index contributed by atoms with van der Waals surface area (Å²) in [4.78, 5) is 2.84. The van der Waals surface area contributed by atoms with Gasteiger partial charge in [-0.3, -0.25) is 0 Å². The Bertz CT molecular complexity index is 225. The average Bonchev–Trinajstić information content (AvgIpc) is 2.95. The first kappa shape index (κ1) is 13.0. The van der Waals surface area contributed by atoms with Crippen molar-refractivity contribution in [1.29, 1.82) is 0 Å². The third-order valence-corrected chi connectivity index (χ3v) is 5.23. The van der Waals surface area contributed by atoms with Crippen LogP contribution >= 0.6 is 0 Å². The van der Waals surface area contributed by atoms with Crippen LogP contribution in [0.1, 0.15) is 70.6 Å². The van der Waals surface area contributed by atoms with Crippen LogP contribution in [-0.4, -0.2) is 30.6 Å². The SMILES string of the molecule is C1CCC(N(B2CCCO2)C2CCCCC2)CC1. The molecule has 1 heterocycles. The third kappa shape index (κ3) is 2.93. The van der Waals surface area contributed by atoms with E-state index in [-0.39, 0.29) is 0 Å². The lowest BCUT2D eigenvalue weighted by Crippen LogP contribution is -2.53. The van der Waals surface area contributed by atoms with Gasteiger partial charge >= 0.3 is 7.05 Å². The zero-order chi connectivity index (χ0) is 12.2. The molecule has 2 saturated carbocycles. The molecule has 0 unspecified atom stereocenters. The highest BCUT2D eigenvalue weighted by molar-refractivity contribution is 6.49. The van der Waals surface area contributed by atoms with E-state index in [4.69, 9.17) is 4.65 Å². The lowest BCUT2D eigenvalue weighted by molar-refractivity contribution is 0.139. The molecule has 3 fully saturated rings. The van der Waals surface area contributed by atoms with Crippen LogP contribution in [0.4, 0.5) is 0 Å². The molecule has 0 radical (unpaired) electrons. The largest absolute Gasteiger partial charge is 0.421 e. The van der Waals surface area contributed by atoms with Gasteiger partial charge in [0.1, 0.15) is 0 Å². The van der Waals surface area contributed by atoms with E-state index in [2.05, 4.69) is 4.81 Å². The summed E-state index contributed by atoms with van der Waals surface area (Å²) >= 11 is 0. The fraction of sp³-hybridized carbons (Fsp3) is 1.00. The van der Waals surface area contributed by atoms with Gasteiger partial charge in [-0.25, -0.2) is 0 Å². The topological polar surface area (TPSA) is 12.5 Å². The van der Waals surface area contributed by atoms with Crippen molar-refractivity contribution in [3.63, 3.8) is 0 Å². The molecule has 0 bridgehead atoms. The zero-order valence-corrected chi connectivity index (χ0v) is 11.8. The van der Waals surface area contributed by atoms with Gasteiger partial charge in [-0.2, -0.15) is 0 Å². The fourth-order valence-corrected chi connectivity index (χ4v) is 4.32. The van der Waals surface area contributed by atoms with Gasteiger partial charge in [-0.1, -0.05) is 38.5 Å². The molecule has 2 aliphatic carbocycles. The van der Waals surface area contributed by atoms with Crippen LogP contribution in [0.5, 0.6) is 0 Å². The molecule has 0 amide bonds. The zero-order valence-electron chi connectivity index (χ0n) is 11.8. The van der Waals surface area contributed by atoms with Gasteiger partial charge in [0.25, 0.3) is 0 Å². The van der Waals surface area contributed by atoms with Gasteiger partial charge in [-0.15, -0.1) is 0 Å². The maximum absolute atomic E-state index is 6.05. The summed E-state index contributed by atoms with van der Waals surface area (Å²) in [5.74, 6) is 0. The van der Waals surface area contributed by atoms with Crippen LogP contribution in [0.3, 0.4) is 0 Å². The highest BCUT2D eigenvalue weighted by atomic mass is 16.4. The second-order valence-corrected chi connectivity index (χ2v) is 6.50. The van der Waals surface area contributed by atoms with E-state index >= 15 is 0 Å². The molecule has 0 aromatic carbocycles. The quantitative estimate of drug-likeness (QED) is 0.704. The summed E-state index contributed by atoms with van der Waals surface area (Å²) < 4.78 is 6.05. The molecule has 0 aromatic rings. The number of hydrogen-bond acceptors (Lipinski definition) is 2. The van der Waals surface area contributed by atoms with Crippen LogP contribution in [0, 0.1) is 0 Å². The Morgan fingerprint density at radius 2 is 1.28 bits per heavy atom. The van der Waals surface area contributed by atoms with Crippen molar-refractivity contribution in [2.24, 2.45) is 0 Å². The van der Waals surface area contributed by atoms with Gasteiger partial charge in [0, 0.05) is 18.7 Å². The van der Waals surface area contributed by atoms with E-state index < -0.39 is 0 Å². The molecule has 3 rings (SSSR count). The van der Waals surface area contributed by atoms with Gasteiger partial charge in [0.15, 0.2) is 0 Å². The highest BCUT2D eigenvalue weighted by Gasteiger charge is 2.39. The first-order chi connectivity index (χ1) is 8.95. The predicted octanol–water partition coefficient (Wildman–Crippen LogP) is 3.86. The molecule has 1 aliphatic heterocycles. The van der Waals surface area contributed by atoms with Crippen molar-refractivity contribution < 1.29 is 4.65 Å². The van der Waals surface area contributed by atoms with Crippen molar-refractivity contribution in [1.82, 2.24) is 4.81 Å². The van der Waals surface area contributed by atoms with Crippen molar-refractivity contribution >= 4 is 7.05 Å². The van der Waals surface area contributed by atoms with Gasteiger partial charge < -0.3 is 9.47 Å². The summed E-state index contributed by atoms with van der Waals surface area (Å²) in [6.45, 7) is 1.00. The fourth-order valence-electron chi connectivity index (χ4n) is 4.32. The lowest BCUT2D eigenvalue weighted by atomic mass is 9.71. The van der Waals surface area contributed by atoms with E-state index in [1.165, 1.54) is 76.9 Å². The van der Waals surface area contributed by atoms with E-state index in [1.54, 1.807) is 0 Å². The maximum Gasteiger partial charge on any atom is 0.382 e. The van der Waals surface area contributed by atoms with Crippen molar-refractivity contribution in [2.45, 2.75) is 89.0 Å². The Labute approximate surface area is 113 Å². The van der Waals surface area contributed by atoms with E-state index in [1.807, 2.05) is 0 Å². The minimum Gasteiger partial charge on any atom is -0.421 e. The van der Waals surface area contributed by atoms with Gasteiger partial charge in [0.05, 0.1) is 0 Å². The Hall–Kier alpha value is -0.0151. The van der Waals surface area contributed by atoms with E-state index in [0.717, 1.165) is 18.7 Å². The van der Waals surface area contributed by atoms with Crippen molar-refractivity contribution in [3.05, 3.63) is 0 Å². The summed E-state index contributed by atoms with van der Waals surface area (Å²) in [6, 6.07) is 1.68. The standard InChI is InChI=1S/C15H28BNO/c1-3-8-14(9-4-1)17(16-12-7-13-18-16)15-10-5-2-6-11-15/h14-15H,1-13H2. The lowest BCUT2D eigenvalue weighted by Gasteiger charge is -2.43. The van der Waals surface area contributed by atoms with E-state index in [9.17, 15) is 0 Å². The molecule has 102 valence electrons. The van der Waals surface area contributed by atoms with Gasteiger partial charge in [-0.05, 0) is 38.4 Å². The van der Waals surface area contributed by atoms with Crippen molar-refractivity contribution in [3.8, 4) is 0 Å². The monoisotopic (exact) mass is 249 g/mol. The minimum atomic E-state index is 0.469. The first-order valence-corrected chi connectivity index (χ1v) is 8.34. The molecule has 18 heavy (non-hydrogen) atoms. The Morgan fingerprint density at radius 3 is 1.72 bits per heavy atom. The van der Waals surface area contributed by atoms with Crippen LogP contribution in [0.2, 0.25) is 6.32 Å². The van der Waals surface area contributed by atoms with Crippen LogP contribution in [0.25, 0.3) is 0 Å². The van der Waals surface area contributed by atoms with Crippen LogP contribution < -0.4 is 0 Å². The third-order valence-electron chi connectivity index (χ3n) is 5.23. The Balaban J connectivity index is 1.68. The van der Waals surface area contributed by atoms with Gasteiger partial charge in [0.2, 0.25) is 0 Å². The Kier molecular flexibility index (Phi) is 4.64. The molecule has 0 spiro atoms. The first-order valence-electron chi connectivity index (χ1n) is 8.34. The number of rotatable bonds is 3. The summed E-state index contributed by atoms with van der Waals surface area (Å²) in [5.41, 5.74) is 0. The number of hydrogen-bond donors (Lipinski definition) is 0. The molecule has 3 heteroatoms. The normalized spacial score (nSPS) is 28.2. The molecule has 3 aliphatic rings. The Morgan fingerprint density at radius 1 is 0.722 bits per heavy atom. The van der Waals surface area contributed by atoms with Crippen LogP contribution in [0.15, 0.2) is 0 Å². The summed E-state index contributed by atoms with van der Waals surface area (Å²) in [5, 5.41) is 0. The molecule has 2 nitrogen and oxygen atoms in total. The molecule has 0 aromatic heterocycles. The smallest absolute Gasteiger partial charge is 0.382 e. The molecular weight excluding hydrogens is 221 g/mol. The molecule has 0 atom stereocenters. The van der Waals surface area contributed by atoms with Crippen LogP contribution in [-0.2, 0) is 4.65 Å². The second kappa shape index (κ2) is 6.43. The molecule has 0 N–H and O–H groups in total. The molecular formula is C15H28BNO. The minimum absolute atomic E-state index is 0.469. The average molecular weight is 249 g/mol. The predicted molar refractivity (Wildman–Crippen MR) is 76.7 cm³/mol. The summed E-state index contributed by atoms with van der Waals surface area (Å²) in [7, 11) is 0.469. The molecule has 1 saturated heterocycles. The van der Waals surface area contributed by atoms with Crippen molar-refractivity contribution in [2.75, 3.05) is 6.61 Å². The summed E-state index contributed by atoms with van der Waals surface area (Å²) in [6.07, 6.45) is 17.0. The number of nitrogens with zero attached hydrogens (tertiary/aromatic N) is 1. The highest BCUT2D eigenvalue weighted by Crippen LogP contribution is 2.33. The maximum atomic E-state index is 6.05. The second-order valence-electron chi connectivity index (χ2n) is 6.50. The van der Waals surface area contributed by atoms with E-state index in [0.29, 0.717) is 7.05 Å².